The third-order valence-corrected chi connectivity index (χ3v) is 4.81. The summed E-state index contributed by atoms with van der Waals surface area (Å²) in [6.07, 6.45) is 4.04. The maximum absolute atomic E-state index is 12.3. The highest BCUT2D eigenvalue weighted by atomic mass is 32.2. The molecule has 5 nitrogen and oxygen atoms in total. The number of unbranched alkanes of at least 4 members (excludes halogenated alkanes) is 1. The maximum atomic E-state index is 12.3. The van der Waals surface area contributed by atoms with Crippen LogP contribution in [0.5, 0.6) is 0 Å². The van der Waals surface area contributed by atoms with Crippen LogP contribution in [0.3, 0.4) is 0 Å². The van der Waals surface area contributed by atoms with Gasteiger partial charge >= 0.3 is 0 Å². The Kier molecular flexibility index (Phi) is 5.07. The number of carbonyl (C=O) groups excluding carboxylic acids is 1. The molecule has 1 heterocycles. The van der Waals surface area contributed by atoms with E-state index in [2.05, 4.69) is 5.10 Å². The molecule has 0 radical (unpaired) electrons. The molecule has 102 valence electrons. The van der Waals surface area contributed by atoms with Gasteiger partial charge in [-0.1, -0.05) is 20.3 Å². The van der Waals surface area contributed by atoms with Crippen LogP contribution >= 0.6 is 0 Å². The summed E-state index contributed by atoms with van der Waals surface area (Å²) in [5.74, 6) is 0.0620. The molecule has 0 bridgehead atoms. The summed E-state index contributed by atoms with van der Waals surface area (Å²) in [5, 5.41) is 4.11. The molecule has 0 saturated heterocycles. The lowest BCUT2D eigenvalue weighted by atomic mass is 10.3. The lowest BCUT2D eigenvalue weighted by molar-refractivity contribution is 0.112. The predicted octanol–water partition coefficient (Wildman–Crippen LogP) is 2.24. The first-order valence-electron chi connectivity index (χ1n) is 6.23. The van der Waals surface area contributed by atoms with Gasteiger partial charge in [0.1, 0.15) is 0 Å². The highest BCUT2D eigenvalue weighted by Gasteiger charge is 2.25. The van der Waals surface area contributed by atoms with E-state index in [9.17, 15) is 13.2 Å². The molecule has 0 N–H and O–H groups in total. The fourth-order valence-electron chi connectivity index (χ4n) is 1.69. The number of aldehydes is 1. The third-order valence-electron chi connectivity index (χ3n) is 2.97. The molecule has 1 unspecified atom stereocenters. The van der Waals surface area contributed by atoms with Crippen LogP contribution in [0.1, 0.15) is 56.4 Å². The largest absolute Gasteiger partial charge is 0.298 e. The molecule has 1 aromatic heterocycles. The monoisotopic (exact) mass is 272 g/mol. The van der Waals surface area contributed by atoms with E-state index in [-0.39, 0.29) is 22.4 Å². The predicted molar refractivity (Wildman–Crippen MR) is 69.6 cm³/mol. The molecular formula is C12H20N2O3S. The number of carbonyl (C=O) groups is 1. The molecule has 0 aliphatic rings. The van der Waals surface area contributed by atoms with Gasteiger partial charge in [-0.25, -0.2) is 8.42 Å². The molecule has 0 aromatic carbocycles. The summed E-state index contributed by atoms with van der Waals surface area (Å²) in [6.45, 7) is 5.78. The minimum atomic E-state index is -3.44. The van der Waals surface area contributed by atoms with Crippen LogP contribution in [-0.4, -0.2) is 30.2 Å². The topological polar surface area (TPSA) is 69.0 Å². The zero-order valence-corrected chi connectivity index (χ0v) is 11.9. The van der Waals surface area contributed by atoms with Gasteiger partial charge in [0.15, 0.2) is 21.1 Å². The van der Waals surface area contributed by atoms with Crippen molar-refractivity contribution < 1.29 is 13.2 Å². The smallest absolute Gasteiger partial charge is 0.196 e. The molecule has 0 amide bonds. The standard InChI is InChI=1S/C12H20N2O3S/c1-4-6-7-18(16,17)12-11(9-15)8-13-14(12)10(3)5-2/h8-10H,4-7H2,1-3H3. The van der Waals surface area contributed by atoms with E-state index in [0.717, 1.165) is 12.8 Å². The van der Waals surface area contributed by atoms with Crippen molar-refractivity contribution in [1.82, 2.24) is 9.78 Å². The zero-order chi connectivity index (χ0) is 13.8. The van der Waals surface area contributed by atoms with Gasteiger partial charge in [-0.05, 0) is 19.8 Å². The van der Waals surface area contributed by atoms with E-state index in [1.54, 1.807) is 0 Å². The summed E-state index contributed by atoms with van der Waals surface area (Å²) in [4.78, 5) is 11.0. The Morgan fingerprint density at radius 1 is 1.44 bits per heavy atom. The Balaban J connectivity index is 3.27. The molecule has 1 aromatic rings. The lowest BCUT2D eigenvalue weighted by Gasteiger charge is -2.14. The molecule has 1 rings (SSSR count). The van der Waals surface area contributed by atoms with Crippen molar-refractivity contribution >= 4 is 16.1 Å². The molecule has 1 atom stereocenters. The highest BCUT2D eigenvalue weighted by molar-refractivity contribution is 7.91. The zero-order valence-electron chi connectivity index (χ0n) is 11.1. The Labute approximate surface area is 108 Å². The number of sulfone groups is 1. The van der Waals surface area contributed by atoms with Crippen LogP contribution in [0, 0.1) is 0 Å². The van der Waals surface area contributed by atoms with E-state index in [4.69, 9.17) is 0 Å². The molecule has 0 spiro atoms. The van der Waals surface area contributed by atoms with Crippen LogP contribution in [-0.2, 0) is 9.84 Å². The second-order valence-corrected chi connectivity index (χ2v) is 6.42. The van der Waals surface area contributed by atoms with E-state index in [1.165, 1.54) is 10.9 Å². The quantitative estimate of drug-likeness (QED) is 0.714. The Morgan fingerprint density at radius 3 is 2.61 bits per heavy atom. The summed E-state index contributed by atoms with van der Waals surface area (Å²) >= 11 is 0. The van der Waals surface area contributed by atoms with Crippen molar-refractivity contribution in [3.05, 3.63) is 11.8 Å². The molecule has 0 saturated carbocycles. The van der Waals surface area contributed by atoms with Gasteiger partial charge in [0, 0.05) is 0 Å². The number of nitrogens with zero attached hydrogens (tertiary/aromatic N) is 2. The minimum absolute atomic E-state index is 0.0369. The van der Waals surface area contributed by atoms with Gasteiger partial charge in [0.05, 0.1) is 23.6 Å². The maximum Gasteiger partial charge on any atom is 0.196 e. The third kappa shape index (κ3) is 2.98. The fraction of sp³-hybridized carbons (Fsp3) is 0.667. The van der Waals surface area contributed by atoms with Crippen molar-refractivity contribution in [3.63, 3.8) is 0 Å². The summed E-state index contributed by atoms with van der Waals surface area (Å²) < 4.78 is 26.0. The van der Waals surface area contributed by atoms with Crippen molar-refractivity contribution in [2.45, 2.75) is 51.1 Å². The van der Waals surface area contributed by atoms with E-state index in [1.807, 2.05) is 20.8 Å². The number of hydrogen-bond donors (Lipinski definition) is 0. The summed E-state index contributed by atoms with van der Waals surface area (Å²) in [7, 11) is -3.44. The Morgan fingerprint density at radius 2 is 2.11 bits per heavy atom. The average molecular weight is 272 g/mol. The first-order chi connectivity index (χ1) is 8.47. The normalized spacial score (nSPS) is 13.5. The van der Waals surface area contributed by atoms with Crippen LogP contribution in [0.2, 0.25) is 0 Å². The number of aromatic nitrogens is 2. The van der Waals surface area contributed by atoms with Gasteiger partial charge < -0.3 is 0 Å². The number of rotatable bonds is 7. The lowest BCUT2D eigenvalue weighted by Crippen LogP contribution is -2.18. The SMILES string of the molecule is CCCCS(=O)(=O)c1c(C=O)cnn1C(C)CC. The summed E-state index contributed by atoms with van der Waals surface area (Å²) in [6, 6.07) is -0.0369. The van der Waals surface area contributed by atoms with E-state index in [0.29, 0.717) is 12.7 Å². The highest BCUT2D eigenvalue weighted by Crippen LogP contribution is 2.22. The van der Waals surface area contributed by atoms with Crippen molar-refractivity contribution in [2.75, 3.05) is 5.75 Å². The van der Waals surface area contributed by atoms with Crippen molar-refractivity contribution in [3.8, 4) is 0 Å². The molecule has 0 aliphatic carbocycles. The first kappa shape index (κ1) is 14.9. The number of hydrogen-bond acceptors (Lipinski definition) is 4. The van der Waals surface area contributed by atoms with Crippen LogP contribution in [0.25, 0.3) is 0 Å². The minimum Gasteiger partial charge on any atom is -0.298 e. The Hall–Kier alpha value is -1.17. The fourth-order valence-corrected chi connectivity index (χ4v) is 3.52. The second kappa shape index (κ2) is 6.13. The molecule has 0 aliphatic heterocycles. The first-order valence-corrected chi connectivity index (χ1v) is 7.88. The van der Waals surface area contributed by atoms with Crippen LogP contribution in [0.15, 0.2) is 11.2 Å². The van der Waals surface area contributed by atoms with Gasteiger partial charge in [-0.2, -0.15) is 5.10 Å². The van der Waals surface area contributed by atoms with Gasteiger partial charge in [0.25, 0.3) is 0 Å². The van der Waals surface area contributed by atoms with Crippen LogP contribution < -0.4 is 0 Å². The van der Waals surface area contributed by atoms with E-state index >= 15 is 0 Å². The van der Waals surface area contributed by atoms with Crippen molar-refractivity contribution in [2.24, 2.45) is 0 Å². The molecule has 0 fully saturated rings. The molecule has 18 heavy (non-hydrogen) atoms. The average Bonchev–Trinajstić information content (AvgIpc) is 2.80. The van der Waals surface area contributed by atoms with Gasteiger partial charge in [-0.3, -0.25) is 9.48 Å². The van der Waals surface area contributed by atoms with E-state index < -0.39 is 9.84 Å². The van der Waals surface area contributed by atoms with Gasteiger partial charge in [0.2, 0.25) is 0 Å². The van der Waals surface area contributed by atoms with Crippen molar-refractivity contribution in [1.29, 1.82) is 0 Å². The Bertz CT molecular complexity index is 505. The van der Waals surface area contributed by atoms with Gasteiger partial charge in [-0.15, -0.1) is 0 Å². The molecular weight excluding hydrogens is 252 g/mol. The molecule has 6 heteroatoms. The summed E-state index contributed by atoms with van der Waals surface area (Å²) in [5.41, 5.74) is 0.159. The second-order valence-electron chi connectivity index (χ2n) is 4.40. The van der Waals surface area contributed by atoms with Crippen LogP contribution in [0.4, 0.5) is 0 Å².